The van der Waals surface area contributed by atoms with Crippen molar-refractivity contribution >= 4 is 38.9 Å². The first-order valence-corrected chi connectivity index (χ1v) is 8.72. The van der Waals surface area contributed by atoms with Gasteiger partial charge in [-0.3, -0.25) is 9.10 Å². The van der Waals surface area contributed by atoms with Crippen LogP contribution in [0.25, 0.3) is 0 Å². The second-order valence-corrected chi connectivity index (χ2v) is 7.27. The summed E-state index contributed by atoms with van der Waals surface area (Å²) in [6.07, 6.45) is 1.67. The predicted octanol–water partition coefficient (Wildman–Crippen LogP) is 1.56. The summed E-state index contributed by atoms with van der Waals surface area (Å²) in [6.45, 7) is 0.684. The van der Waals surface area contributed by atoms with Crippen LogP contribution in [-0.2, 0) is 14.8 Å². The third-order valence-electron chi connectivity index (χ3n) is 3.23. The van der Waals surface area contributed by atoms with E-state index in [4.69, 9.17) is 17.3 Å². The second-order valence-electron chi connectivity index (χ2n) is 4.85. The van der Waals surface area contributed by atoms with Crippen molar-refractivity contribution in [3.05, 3.63) is 23.2 Å². The minimum atomic E-state index is -3.29. The van der Waals surface area contributed by atoms with E-state index in [1.807, 2.05) is 0 Å². The van der Waals surface area contributed by atoms with Crippen molar-refractivity contribution in [3.63, 3.8) is 0 Å². The van der Waals surface area contributed by atoms with Gasteiger partial charge in [0, 0.05) is 19.5 Å². The Balaban J connectivity index is 2.27. The smallest absolute Gasteiger partial charge is 0.235 e. The molecule has 21 heavy (non-hydrogen) atoms. The van der Waals surface area contributed by atoms with Crippen molar-refractivity contribution in [2.75, 3.05) is 28.5 Å². The molecule has 1 aromatic carbocycles. The van der Waals surface area contributed by atoms with Gasteiger partial charge in [0.05, 0.1) is 22.2 Å². The van der Waals surface area contributed by atoms with Crippen molar-refractivity contribution in [1.82, 2.24) is 0 Å². The van der Waals surface area contributed by atoms with E-state index in [2.05, 4.69) is 5.32 Å². The highest BCUT2D eigenvalue weighted by Crippen LogP contribution is 2.30. The van der Waals surface area contributed by atoms with Crippen LogP contribution in [0.1, 0.15) is 19.3 Å². The molecule has 1 saturated heterocycles. The van der Waals surface area contributed by atoms with E-state index < -0.39 is 10.0 Å². The third-order valence-corrected chi connectivity index (χ3v) is 5.43. The summed E-state index contributed by atoms with van der Waals surface area (Å²) in [5.74, 6) is -0.108. The average Bonchev–Trinajstić information content (AvgIpc) is 2.41. The summed E-state index contributed by atoms with van der Waals surface area (Å²) in [5, 5.41) is 3.01. The number of rotatable bonds is 4. The molecule has 8 heteroatoms. The Hall–Kier alpha value is -1.31. The molecule has 0 unspecified atom stereocenters. The van der Waals surface area contributed by atoms with Crippen LogP contribution in [-0.4, -0.2) is 33.2 Å². The fraction of sp³-hybridized carbons (Fsp3) is 0.462. The summed E-state index contributed by atoms with van der Waals surface area (Å²) in [5.41, 5.74) is 6.23. The fourth-order valence-electron chi connectivity index (χ4n) is 2.19. The van der Waals surface area contributed by atoms with E-state index in [0.29, 0.717) is 29.4 Å². The van der Waals surface area contributed by atoms with E-state index in [1.165, 1.54) is 4.31 Å². The Morgan fingerprint density at radius 3 is 2.81 bits per heavy atom. The molecule has 3 N–H and O–H groups in total. The van der Waals surface area contributed by atoms with Gasteiger partial charge in [-0.15, -0.1) is 0 Å². The molecule has 0 saturated carbocycles. The van der Waals surface area contributed by atoms with Crippen molar-refractivity contribution in [2.45, 2.75) is 19.3 Å². The monoisotopic (exact) mass is 331 g/mol. The third kappa shape index (κ3) is 3.87. The minimum Gasteiger partial charge on any atom is -0.330 e. The summed E-state index contributed by atoms with van der Waals surface area (Å²) in [7, 11) is -3.29. The molecule has 0 aliphatic carbocycles. The second kappa shape index (κ2) is 6.64. The highest BCUT2D eigenvalue weighted by Gasteiger charge is 2.26. The van der Waals surface area contributed by atoms with E-state index in [1.54, 1.807) is 18.2 Å². The van der Waals surface area contributed by atoms with Crippen LogP contribution in [0.4, 0.5) is 11.4 Å². The van der Waals surface area contributed by atoms with Crippen LogP contribution in [0, 0.1) is 0 Å². The van der Waals surface area contributed by atoms with Gasteiger partial charge in [0.2, 0.25) is 15.9 Å². The Morgan fingerprint density at radius 1 is 1.38 bits per heavy atom. The van der Waals surface area contributed by atoms with Crippen molar-refractivity contribution in [2.24, 2.45) is 5.73 Å². The molecule has 1 aliphatic rings. The number of nitrogens with zero attached hydrogens (tertiary/aromatic N) is 1. The van der Waals surface area contributed by atoms with Crippen LogP contribution in [0.15, 0.2) is 18.2 Å². The first-order chi connectivity index (χ1) is 9.94. The molecule has 1 heterocycles. The molecule has 0 bridgehead atoms. The lowest BCUT2D eigenvalue weighted by Gasteiger charge is -2.28. The number of amides is 1. The van der Waals surface area contributed by atoms with Crippen LogP contribution in [0.3, 0.4) is 0 Å². The van der Waals surface area contributed by atoms with Crippen molar-refractivity contribution in [1.29, 1.82) is 0 Å². The SMILES string of the molecule is NCCC(=O)Nc1cc(N2CCCCS2(=O)=O)ccc1Cl. The van der Waals surface area contributed by atoms with Gasteiger partial charge < -0.3 is 11.1 Å². The molecule has 6 nitrogen and oxygen atoms in total. The van der Waals surface area contributed by atoms with Gasteiger partial charge in [-0.2, -0.15) is 0 Å². The topological polar surface area (TPSA) is 92.5 Å². The van der Waals surface area contributed by atoms with Gasteiger partial charge in [0.15, 0.2) is 0 Å². The molecular weight excluding hydrogens is 314 g/mol. The predicted molar refractivity (Wildman–Crippen MR) is 84.1 cm³/mol. The zero-order valence-electron chi connectivity index (χ0n) is 11.5. The maximum atomic E-state index is 12.1. The minimum absolute atomic E-state index is 0.143. The normalized spacial score (nSPS) is 17.5. The summed E-state index contributed by atoms with van der Waals surface area (Å²) in [6, 6.07) is 4.81. The van der Waals surface area contributed by atoms with Crippen molar-refractivity contribution in [3.8, 4) is 0 Å². The van der Waals surface area contributed by atoms with E-state index >= 15 is 0 Å². The number of carbonyl (C=O) groups excluding carboxylic acids is 1. The highest BCUT2D eigenvalue weighted by atomic mass is 35.5. The quantitative estimate of drug-likeness (QED) is 0.875. The molecule has 0 spiro atoms. The van der Waals surface area contributed by atoms with Crippen LogP contribution in [0.5, 0.6) is 0 Å². The van der Waals surface area contributed by atoms with Gasteiger partial charge in [-0.25, -0.2) is 8.42 Å². The molecular formula is C13H18ClN3O3S. The van der Waals surface area contributed by atoms with E-state index in [0.717, 1.165) is 6.42 Å². The van der Waals surface area contributed by atoms with Gasteiger partial charge in [0.1, 0.15) is 0 Å². The zero-order chi connectivity index (χ0) is 15.5. The molecule has 1 aliphatic heterocycles. The molecule has 0 aromatic heterocycles. The molecule has 2 rings (SSSR count). The number of hydrogen-bond acceptors (Lipinski definition) is 4. The molecule has 116 valence electrons. The number of carbonyl (C=O) groups is 1. The molecule has 1 fully saturated rings. The number of nitrogens with one attached hydrogen (secondary N) is 1. The number of hydrogen-bond donors (Lipinski definition) is 2. The standard InChI is InChI=1S/C13H18ClN3O3S/c14-11-4-3-10(9-12(11)16-13(18)5-6-15)17-7-1-2-8-21(17,19)20/h3-4,9H,1-2,5-8,15H2,(H,16,18). The average molecular weight is 332 g/mol. The van der Waals surface area contributed by atoms with Gasteiger partial charge in [-0.05, 0) is 31.0 Å². The Kier molecular flexibility index (Phi) is 5.08. The van der Waals surface area contributed by atoms with Crippen molar-refractivity contribution < 1.29 is 13.2 Å². The summed E-state index contributed by atoms with van der Waals surface area (Å²) in [4.78, 5) is 11.6. The first-order valence-electron chi connectivity index (χ1n) is 6.74. The summed E-state index contributed by atoms with van der Waals surface area (Å²) >= 11 is 6.04. The molecule has 0 radical (unpaired) electrons. The molecule has 0 atom stereocenters. The van der Waals surface area contributed by atoms with Crippen LogP contribution < -0.4 is 15.4 Å². The lowest BCUT2D eigenvalue weighted by atomic mass is 10.2. The number of anilines is 2. The van der Waals surface area contributed by atoms with Gasteiger partial charge in [-0.1, -0.05) is 11.6 Å². The summed E-state index contributed by atoms with van der Waals surface area (Å²) < 4.78 is 25.6. The lowest BCUT2D eigenvalue weighted by molar-refractivity contribution is -0.116. The first kappa shape index (κ1) is 16.1. The lowest BCUT2D eigenvalue weighted by Crippen LogP contribution is -2.37. The molecule has 1 amide bonds. The van der Waals surface area contributed by atoms with E-state index in [9.17, 15) is 13.2 Å². The number of nitrogens with two attached hydrogens (primary N) is 1. The highest BCUT2D eigenvalue weighted by molar-refractivity contribution is 7.92. The Bertz CT molecular complexity index is 634. The maximum absolute atomic E-state index is 12.1. The Labute approximate surface area is 129 Å². The fourth-order valence-corrected chi connectivity index (χ4v) is 3.98. The van der Waals surface area contributed by atoms with Crippen LogP contribution >= 0.6 is 11.6 Å². The number of halogens is 1. The molecule has 1 aromatic rings. The van der Waals surface area contributed by atoms with Gasteiger partial charge >= 0.3 is 0 Å². The Morgan fingerprint density at radius 2 is 2.14 bits per heavy atom. The number of sulfonamides is 1. The largest absolute Gasteiger partial charge is 0.330 e. The maximum Gasteiger partial charge on any atom is 0.235 e. The van der Waals surface area contributed by atoms with E-state index in [-0.39, 0.29) is 24.6 Å². The van der Waals surface area contributed by atoms with Gasteiger partial charge in [0.25, 0.3) is 0 Å². The zero-order valence-corrected chi connectivity index (χ0v) is 13.1. The van der Waals surface area contributed by atoms with Crippen LogP contribution in [0.2, 0.25) is 5.02 Å². The number of benzene rings is 1.